The zero-order valence-electron chi connectivity index (χ0n) is 9.80. The van der Waals surface area contributed by atoms with Crippen molar-refractivity contribution in [2.75, 3.05) is 0 Å². The Hall–Kier alpha value is -1.06. The molecule has 1 heterocycles. The molecule has 0 aromatic carbocycles. The van der Waals surface area contributed by atoms with Gasteiger partial charge in [0, 0.05) is 17.8 Å². The first-order valence-corrected chi connectivity index (χ1v) is 6.00. The van der Waals surface area contributed by atoms with Crippen LogP contribution in [0.25, 0.3) is 0 Å². The second kappa shape index (κ2) is 4.67. The predicted molar refractivity (Wildman–Crippen MR) is 59.6 cm³/mol. The molecule has 0 N–H and O–H groups in total. The van der Waals surface area contributed by atoms with Crippen molar-refractivity contribution in [2.24, 2.45) is 5.92 Å². The van der Waals surface area contributed by atoms with Gasteiger partial charge in [-0.25, -0.2) is 0 Å². The minimum atomic E-state index is -4.29. The molecule has 94 valence electrons. The molecule has 1 aromatic rings. The zero-order valence-corrected chi connectivity index (χ0v) is 9.80. The average Bonchev–Trinajstić information content (AvgIpc) is 2.29. The fourth-order valence-electron chi connectivity index (χ4n) is 2.37. The van der Waals surface area contributed by atoms with Gasteiger partial charge in [0.15, 0.2) is 0 Å². The zero-order chi connectivity index (χ0) is 12.5. The summed E-state index contributed by atoms with van der Waals surface area (Å²) in [6.45, 7) is 2.22. The van der Waals surface area contributed by atoms with E-state index in [0.29, 0.717) is 5.92 Å². The Bertz CT molecular complexity index is 361. The van der Waals surface area contributed by atoms with Gasteiger partial charge in [-0.3, -0.25) is 4.98 Å². The molecule has 0 unspecified atom stereocenters. The third kappa shape index (κ3) is 2.99. The van der Waals surface area contributed by atoms with E-state index >= 15 is 0 Å². The summed E-state index contributed by atoms with van der Waals surface area (Å²) in [7, 11) is 0. The van der Waals surface area contributed by atoms with Crippen LogP contribution >= 0.6 is 0 Å². The fraction of sp³-hybridized carbons (Fsp3) is 0.615. The van der Waals surface area contributed by atoms with Gasteiger partial charge in [0.25, 0.3) is 0 Å². The number of halogens is 3. The van der Waals surface area contributed by atoms with E-state index in [-0.39, 0.29) is 0 Å². The first kappa shape index (κ1) is 12.4. The summed E-state index contributed by atoms with van der Waals surface area (Å²) >= 11 is 0. The molecule has 1 saturated carbocycles. The standard InChI is InChI=1S/C13H16F3N/c1-9-2-4-10(5-3-9)12-7-6-11(8-17-12)13(14,15)16/h6-10H,2-5H2,1H3/t9-,10+. The van der Waals surface area contributed by atoms with Crippen LogP contribution < -0.4 is 0 Å². The van der Waals surface area contributed by atoms with Gasteiger partial charge >= 0.3 is 6.18 Å². The number of rotatable bonds is 1. The van der Waals surface area contributed by atoms with Crippen molar-refractivity contribution in [1.29, 1.82) is 0 Å². The van der Waals surface area contributed by atoms with E-state index < -0.39 is 11.7 Å². The first-order chi connectivity index (χ1) is 7.97. The summed E-state index contributed by atoms with van der Waals surface area (Å²) in [5.41, 5.74) is 0.148. The third-order valence-electron chi connectivity index (χ3n) is 3.55. The number of nitrogens with zero attached hydrogens (tertiary/aromatic N) is 1. The van der Waals surface area contributed by atoms with E-state index in [1.54, 1.807) is 0 Å². The lowest BCUT2D eigenvalue weighted by atomic mass is 9.81. The maximum atomic E-state index is 12.4. The topological polar surface area (TPSA) is 12.9 Å². The quantitative estimate of drug-likeness (QED) is 0.712. The Balaban J connectivity index is 2.08. The van der Waals surface area contributed by atoms with Gasteiger partial charge in [-0.1, -0.05) is 19.8 Å². The smallest absolute Gasteiger partial charge is 0.260 e. The molecule has 17 heavy (non-hydrogen) atoms. The minimum absolute atomic E-state index is 0.341. The molecule has 1 aliphatic carbocycles. The van der Waals surface area contributed by atoms with Crippen LogP contribution in [-0.4, -0.2) is 4.98 Å². The van der Waals surface area contributed by atoms with E-state index in [0.717, 1.165) is 49.6 Å². The molecular formula is C13H16F3N. The van der Waals surface area contributed by atoms with Crippen molar-refractivity contribution in [3.05, 3.63) is 29.6 Å². The maximum Gasteiger partial charge on any atom is 0.417 e. The molecule has 0 spiro atoms. The Morgan fingerprint density at radius 1 is 1.12 bits per heavy atom. The van der Waals surface area contributed by atoms with Crippen molar-refractivity contribution in [1.82, 2.24) is 4.98 Å². The summed E-state index contributed by atoms with van der Waals surface area (Å²) in [6, 6.07) is 2.67. The number of aromatic nitrogens is 1. The normalized spacial score (nSPS) is 25.9. The second-order valence-electron chi connectivity index (χ2n) is 4.93. The highest BCUT2D eigenvalue weighted by molar-refractivity contribution is 5.19. The molecular weight excluding hydrogens is 227 g/mol. The SMILES string of the molecule is C[C@H]1CC[C@@H](c2ccc(C(F)(F)F)cn2)CC1. The van der Waals surface area contributed by atoms with E-state index in [1.165, 1.54) is 6.07 Å². The van der Waals surface area contributed by atoms with Crippen molar-refractivity contribution >= 4 is 0 Å². The Labute approximate surface area is 99.1 Å². The Kier molecular flexibility index (Phi) is 3.40. The second-order valence-corrected chi connectivity index (χ2v) is 4.93. The molecule has 1 fully saturated rings. The monoisotopic (exact) mass is 243 g/mol. The molecule has 4 heteroatoms. The van der Waals surface area contributed by atoms with Gasteiger partial charge in [-0.05, 0) is 30.9 Å². The molecule has 0 aliphatic heterocycles. The van der Waals surface area contributed by atoms with E-state index in [1.807, 2.05) is 0 Å². The highest BCUT2D eigenvalue weighted by atomic mass is 19.4. The number of pyridine rings is 1. The molecule has 0 radical (unpaired) electrons. The average molecular weight is 243 g/mol. The number of hydrogen-bond acceptors (Lipinski definition) is 1. The van der Waals surface area contributed by atoms with Gasteiger partial charge in [0.2, 0.25) is 0 Å². The van der Waals surface area contributed by atoms with Crippen LogP contribution in [0, 0.1) is 5.92 Å². The van der Waals surface area contributed by atoms with Crippen molar-refractivity contribution in [2.45, 2.75) is 44.7 Å². The van der Waals surface area contributed by atoms with Crippen LogP contribution in [0.5, 0.6) is 0 Å². The van der Waals surface area contributed by atoms with Crippen LogP contribution in [0.3, 0.4) is 0 Å². The maximum absolute atomic E-state index is 12.4. The Morgan fingerprint density at radius 2 is 1.76 bits per heavy atom. The molecule has 1 aliphatic rings. The predicted octanol–water partition coefficient (Wildman–Crippen LogP) is 4.39. The molecule has 2 rings (SSSR count). The lowest BCUT2D eigenvalue weighted by molar-refractivity contribution is -0.137. The molecule has 0 amide bonds. The van der Waals surface area contributed by atoms with Crippen molar-refractivity contribution in [3.8, 4) is 0 Å². The van der Waals surface area contributed by atoms with Gasteiger partial charge in [-0.2, -0.15) is 13.2 Å². The summed E-state index contributed by atoms with van der Waals surface area (Å²) in [4.78, 5) is 3.97. The molecule has 1 nitrogen and oxygen atoms in total. The lowest BCUT2D eigenvalue weighted by Crippen LogP contribution is -2.13. The number of alkyl halides is 3. The van der Waals surface area contributed by atoms with Gasteiger partial charge in [0.05, 0.1) is 5.56 Å². The van der Waals surface area contributed by atoms with Gasteiger partial charge in [0.1, 0.15) is 0 Å². The van der Waals surface area contributed by atoms with E-state index in [2.05, 4.69) is 11.9 Å². The summed E-state index contributed by atoms with van der Waals surface area (Å²) in [5.74, 6) is 1.08. The van der Waals surface area contributed by atoms with Gasteiger partial charge < -0.3 is 0 Å². The van der Waals surface area contributed by atoms with E-state index in [4.69, 9.17) is 0 Å². The minimum Gasteiger partial charge on any atom is -0.260 e. The van der Waals surface area contributed by atoms with Crippen molar-refractivity contribution in [3.63, 3.8) is 0 Å². The molecule has 1 aromatic heterocycles. The Morgan fingerprint density at radius 3 is 2.24 bits per heavy atom. The molecule has 0 bridgehead atoms. The summed E-state index contributed by atoms with van der Waals surface area (Å²) < 4.78 is 37.1. The highest BCUT2D eigenvalue weighted by Gasteiger charge is 2.31. The summed E-state index contributed by atoms with van der Waals surface area (Å²) in [5, 5.41) is 0. The van der Waals surface area contributed by atoms with Crippen LogP contribution in [-0.2, 0) is 6.18 Å². The molecule has 0 atom stereocenters. The highest BCUT2D eigenvalue weighted by Crippen LogP contribution is 2.35. The number of hydrogen-bond donors (Lipinski definition) is 0. The van der Waals surface area contributed by atoms with E-state index in [9.17, 15) is 13.2 Å². The van der Waals surface area contributed by atoms with Crippen LogP contribution in [0.1, 0.15) is 49.8 Å². The molecule has 0 saturated heterocycles. The first-order valence-electron chi connectivity index (χ1n) is 6.00. The third-order valence-corrected chi connectivity index (χ3v) is 3.55. The fourth-order valence-corrected chi connectivity index (χ4v) is 2.37. The summed E-state index contributed by atoms with van der Waals surface area (Å²) in [6.07, 6.45) is 1.04. The van der Waals surface area contributed by atoms with Crippen LogP contribution in [0.4, 0.5) is 13.2 Å². The van der Waals surface area contributed by atoms with Gasteiger partial charge in [-0.15, -0.1) is 0 Å². The van der Waals surface area contributed by atoms with Crippen LogP contribution in [0.15, 0.2) is 18.3 Å². The van der Waals surface area contributed by atoms with Crippen molar-refractivity contribution < 1.29 is 13.2 Å². The largest absolute Gasteiger partial charge is 0.417 e. The van der Waals surface area contributed by atoms with Crippen LogP contribution in [0.2, 0.25) is 0 Å². The lowest BCUT2D eigenvalue weighted by Gasteiger charge is -2.25.